The van der Waals surface area contributed by atoms with E-state index in [-0.39, 0.29) is 29.4 Å². The van der Waals surface area contributed by atoms with Crippen LogP contribution >= 0.6 is 0 Å². The molecule has 0 aliphatic carbocycles. The molecular weight excluding hydrogens is 328 g/mol. The summed E-state index contributed by atoms with van der Waals surface area (Å²) in [6, 6.07) is 6.53. The molecule has 0 bridgehead atoms. The van der Waals surface area contributed by atoms with Crippen molar-refractivity contribution in [2.24, 2.45) is 0 Å². The van der Waals surface area contributed by atoms with Crippen molar-refractivity contribution in [1.82, 2.24) is 9.78 Å². The number of anilines is 1. The maximum atomic E-state index is 12.6. The Kier molecular flexibility index (Phi) is 5.16. The molecule has 1 aromatic carbocycles. The third-order valence-corrected chi connectivity index (χ3v) is 3.86. The third-order valence-electron chi connectivity index (χ3n) is 3.86. The van der Waals surface area contributed by atoms with E-state index in [1.807, 2.05) is 0 Å². The van der Waals surface area contributed by atoms with Crippen molar-refractivity contribution >= 4 is 23.3 Å². The highest BCUT2D eigenvalue weighted by atomic mass is 16.6. The number of rotatable bonds is 5. The first kappa shape index (κ1) is 18.1. The Hall–Kier alpha value is -3.23. The van der Waals surface area contributed by atoms with Gasteiger partial charge in [0.2, 0.25) is 5.91 Å². The fraction of sp³-hybridized carbons (Fsp3) is 0.312. The SMILES string of the molecule is COC(=O)c1ccccc1N(C)C(=O)Cn1nc(C)c([N+](=O)[O-])c1C. The van der Waals surface area contributed by atoms with Gasteiger partial charge in [-0.2, -0.15) is 5.10 Å². The quantitative estimate of drug-likeness (QED) is 0.464. The molecule has 9 nitrogen and oxygen atoms in total. The molecule has 0 saturated heterocycles. The van der Waals surface area contributed by atoms with Crippen LogP contribution in [0.5, 0.6) is 0 Å². The van der Waals surface area contributed by atoms with Gasteiger partial charge in [-0.1, -0.05) is 12.1 Å². The average Bonchev–Trinajstić information content (AvgIpc) is 2.87. The Balaban J connectivity index is 2.30. The zero-order valence-electron chi connectivity index (χ0n) is 14.3. The van der Waals surface area contributed by atoms with E-state index < -0.39 is 10.9 Å². The molecule has 0 unspecified atom stereocenters. The van der Waals surface area contributed by atoms with Crippen molar-refractivity contribution in [1.29, 1.82) is 0 Å². The molecule has 2 rings (SSSR count). The topological polar surface area (TPSA) is 108 Å². The first-order valence-corrected chi connectivity index (χ1v) is 7.40. The van der Waals surface area contributed by atoms with Crippen LogP contribution in [0.2, 0.25) is 0 Å². The highest BCUT2D eigenvalue weighted by Gasteiger charge is 2.25. The van der Waals surface area contributed by atoms with Crippen molar-refractivity contribution in [2.45, 2.75) is 20.4 Å². The van der Waals surface area contributed by atoms with Crippen LogP contribution in [0.4, 0.5) is 11.4 Å². The van der Waals surface area contributed by atoms with Crippen LogP contribution in [-0.4, -0.2) is 40.7 Å². The van der Waals surface area contributed by atoms with Gasteiger partial charge in [-0.15, -0.1) is 0 Å². The molecule has 1 heterocycles. The van der Waals surface area contributed by atoms with Gasteiger partial charge in [0, 0.05) is 7.05 Å². The van der Waals surface area contributed by atoms with Crippen molar-refractivity contribution in [3.8, 4) is 0 Å². The van der Waals surface area contributed by atoms with Crippen molar-refractivity contribution in [3.05, 3.63) is 51.3 Å². The fourth-order valence-corrected chi connectivity index (χ4v) is 2.52. The maximum absolute atomic E-state index is 12.6. The van der Waals surface area contributed by atoms with E-state index in [0.29, 0.717) is 11.4 Å². The number of benzene rings is 1. The minimum absolute atomic E-state index is 0.106. The van der Waals surface area contributed by atoms with Crippen molar-refractivity contribution in [3.63, 3.8) is 0 Å². The number of esters is 1. The van der Waals surface area contributed by atoms with Crippen LogP contribution in [0.3, 0.4) is 0 Å². The molecule has 1 aromatic heterocycles. The second-order valence-corrected chi connectivity index (χ2v) is 5.40. The molecule has 132 valence electrons. The van der Waals surface area contributed by atoms with Gasteiger partial charge in [0.05, 0.1) is 23.3 Å². The van der Waals surface area contributed by atoms with Gasteiger partial charge in [0.25, 0.3) is 0 Å². The fourth-order valence-electron chi connectivity index (χ4n) is 2.52. The van der Waals surface area contributed by atoms with Crippen LogP contribution in [0.25, 0.3) is 0 Å². The average molecular weight is 346 g/mol. The summed E-state index contributed by atoms with van der Waals surface area (Å²) >= 11 is 0. The molecule has 0 radical (unpaired) electrons. The first-order chi connectivity index (χ1) is 11.8. The van der Waals surface area contributed by atoms with E-state index in [2.05, 4.69) is 5.10 Å². The maximum Gasteiger partial charge on any atom is 0.339 e. The standard InChI is InChI=1S/C16H18N4O5/c1-10-15(20(23)24)11(2)19(17-10)9-14(21)18(3)13-8-6-5-7-12(13)16(22)25-4/h5-8H,9H2,1-4H3. The first-order valence-electron chi connectivity index (χ1n) is 7.40. The smallest absolute Gasteiger partial charge is 0.339 e. The number of carbonyl (C=O) groups is 2. The highest BCUT2D eigenvalue weighted by Crippen LogP contribution is 2.23. The van der Waals surface area contributed by atoms with Crippen LogP contribution in [0.1, 0.15) is 21.7 Å². The van der Waals surface area contributed by atoms with Crippen LogP contribution in [0, 0.1) is 24.0 Å². The second-order valence-electron chi connectivity index (χ2n) is 5.40. The van der Waals surface area contributed by atoms with E-state index in [1.165, 1.54) is 37.6 Å². The van der Waals surface area contributed by atoms with E-state index in [0.717, 1.165) is 0 Å². The molecular formula is C16H18N4O5. The normalized spacial score (nSPS) is 10.4. The van der Waals surface area contributed by atoms with Crippen molar-refractivity contribution in [2.75, 3.05) is 19.1 Å². The van der Waals surface area contributed by atoms with E-state index in [9.17, 15) is 19.7 Å². The molecule has 0 aliphatic heterocycles. The van der Waals surface area contributed by atoms with Gasteiger partial charge in [-0.25, -0.2) is 4.79 Å². The zero-order chi connectivity index (χ0) is 18.7. The molecule has 0 N–H and O–H groups in total. The molecule has 0 saturated carbocycles. The van der Waals surface area contributed by atoms with Crippen LogP contribution < -0.4 is 4.90 Å². The van der Waals surface area contributed by atoms with Crippen molar-refractivity contribution < 1.29 is 19.2 Å². The number of likely N-dealkylation sites (N-methyl/N-ethyl adjacent to an activating group) is 1. The lowest BCUT2D eigenvalue weighted by Crippen LogP contribution is -2.32. The van der Waals surface area contributed by atoms with Crippen LogP contribution in [-0.2, 0) is 16.1 Å². The summed E-state index contributed by atoms with van der Waals surface area (Å²) in [5.41, 5.74) is 1.07. The summed E-state index contributed by atoms with van der Waals surface area (Å²) < 4.78 is 6.00. The van der Waals surface area contributed by atoms with E-state index in [4.69, 9.17) is 4.74 Å². The van der Waals surface area contributed by atoms with Gasteiger partial charge < -0.3 is 9.64 Å². The number of ether oxygens (including phenoxy) is 1. The number of aryl methyl sites for hydroxylation is 1. The minimum Gasteiger partial charge on any atom is -0.465 e. The lowest BCUT2D eigenvalue weighted by atomic mass is 10.1. The highest BCUT2D eigenvalue weighted by molar-refractivity contribution is 6.02. The molecule has 25 heavy (non-hydrogen) atoms. The molecule has 0 aliphatic rings. The summed E-state index contributed by atoms with van der Waals surface area (Å²) in [6.07, 6.45) is 0. The predicted octanol–water partition coefficient (Wildman–Crippen LogP) is 1.86. The Morgan fingerprint density at radius 2 is 1.96 bits per heavy atom. The molecule has 2 aromatic rings. The number of para-hydroxylation sites is 1. The largest absolute Gasteiger partial charge is 0.465 e. The summed E-state index contributed by atoms with van der Waals surface area (Å²) in [7, 11) is 2.78. The summed E-state index contributed by atoms with van der Waals surface area (Å²) in [6.45, 7) is 2.86. The number of methoxy groups -OCH3 is 1. The predicted molar refractivity (Wildman–Crippen MR) is 89.5 cm³/mol. The molecule has 9 heteroatoms. The van der Waals surface area contributed by atoms with Gasteiger partial charge in [-0.05, 0) is 26.0 Å². The lowest BCUT2D eigenvalue weighted by Gasteiger charge is -2.20. The van der Waals surface area contributed by atoms with E-state index >= 15 is 0 Å². The molecule has 0 fully saturated rings. The van der Waals surface area contributed by atoms with Gasteiger partial charge in [0.1, 0.15) is 17.9 Å². The zero-order valence-corrected chi connectivity index (χ0v) is 14.3. The summed E-state index contributed by atoms with van der Waals surface area (Å²) in [4.78, 5) is 36.2. The Morgan fingerprint density at radius 3 is 2.52 bits per heavy atom. The number of amides is 1. The summed E-state index contributed by atoms with van der Waals surface area (Å²) in [5.74, 6) is -0.936. The number of nitrogens with zero attached hydrogens (tertiary/aromatic N) is 4. The second kappa shape index (κ2) is 7.12. The number of aromatic nitrogens is 2. The minimum atomic E-state index is -0.558. The monoisotopic (exact) mass is 346 g/mol. The summed E-state index contributed by atoms with van der Waals surface area (Å²) in [5, 5.41) is 15.1. The number of carbonyl (C=O) groups excluding carboxylic acids is 2. The Labute approximate surface area is 143 Å². The third kappa shape index (κ3) is 3.49. The van der Waals surface area contributed by atoms with Gasteiger partial charge in [-0.3, -0.25) is 19.6 Å². The molecule has 1 amide bonds. The molecule has 0 spiro atoms. The number of nitro groups is 1. The van der Waals surface area contributed by atoms with E-state index in [1.54, 1.807) is 24.3 Å². The number of hydrogen-bond acceptors (Lipinski definition) is 6. The number of hydrogen-bond donors (Lipinski definition) is 0. The van der Waals surface area contributed by atoms with Crippen LogP contribution in [0.15, 0.2) is 24.3 Å². The Morgan fingerprint density at radius 1 is 1.32 bits per heavy atom. The van der Waals surface area contributed by atoms with Gasteiger partial charge in [0.15, 0.2) is 0 Å². The van der Waals surface area contributed by atoms with Gasteiger partial charge >= 0.3 is 11.7 Å². The molecule has 0 atom stereocenters. The Bertz CT molecular complexity index is 843. The lowest BCUT2D eigenvalue weighted by molar-refractivity contribution is -0.386.